The minimum absolute atomic E-state index is 0.848. The number of nitrogens with one attached hydrogen (secondary N) is 2. The molecule has 0 aliphatic rings. The zero-order chi connectivity index (χ0) is 15.8. The summed E-state index contributed by atoms with van der Waals surface area (Å²) >= 11 is 0. The van der Waals surface area contributed by atoms with Crippen LogP contribution in [0.15, 0.2) is 48.9 Å². The first-order chi connectivity index (χ1) is 10.4. The molecule has 4 nitrogen and oxygen atoms in total. The average molecular weight is 288 g/mol. The Morgan fingerprint density at radius 1 is 1.00 bits per heavy atom. The van der Waals surface area contributed by atoms with Gasteiger partial charge < -0.3 is 10.6 Å². The predicted molar refractivity (Wildman–Crippen MR) is 90.0 cm³/mol. The van der Waals surface area contributed by atoms with Gasteiger partial charge in [0, 0.05) is 31.7 Å². The lowest BCUT2D eigenvalue weighted by atomic mass is 10.3. The van der Waals surface area contributed by atoms with E-state index < -0.39 is 0 Å². The van der Waals surface area contributed by atoms with Crippen LogP contribution in [-0.4, -0.2) is 23.6 Å². The standard InChI is InChI=1S/C8H12N2.C7H10N2.C2H6/c1-2-9-6-8-4-3-5-10-7-8;1-8-6-7-4-2-3-5-9-7;1-2/h3-5,7,9H,2,6H2,1H3;2-5,8H,6H2,1H3;1-2H3. The van der Waals surface area contributed by atoms with Crippen molar-refractivity contribution in [1.82, 2.24) is 20.6 Å². The average Bonchev–Trinajstić information content (AvgIpc) is 2.58. The fraction of sp³-hybridized carbons (Fsp3) is 0.412. The molecule has 0 aliphatic carbocycles. The van der Waals surface area contributed by atoms with Crippen LogP contribution in [0.3, 0.4) is 0 Å². The van der Waals surface area contributed by atoms with Crippen LogP contribution in [-0.2, 0) is 13.1 Å². The fourth-order valence-corrected chi connectivity index (χ4v) is 1.46. The van der Waals surface area contributed by atoms with E-state index in [1.807, 2.05) is 51.4 Å². The van der Waals surface area contributed by atoms with Gasteiger partial charge in [-0.05, 0) is 37.4 Å². The highest BCUT2D eigenvalue weighted by Crippen LogP contribution is 1.93. The molecule has 0 atom stereocenters. The Labute approximate surface area is 129 Å². The first-order valence-corrected chi connectivity index (χ1v) is 7.51. The van der Waals surface area contributed by atoms with E-state index in [2.05, 4.69) is 33.6 Å². The SMILES string of the molecule is CC.CCNCc1cccnc1.CNCc1ccccn1. The zero-order valence-electron chi connectivity index (χ0n) is 13.6. The van der Waals surface area contributed by atoms with Crippen LogP contribution in [0.1, 0.15) is 32.0 Å². The molecule has 2 N–H and O–H groups in total. The van der Waals surface area contributed by atoms with Crippen molar-refractivity contribution in [2.75, 3.05) is 13.6 Å². The van der Waals surface area contributed by atoms with E-state index in [9.17, 15) is 0 Å². The topological polar surface area (TPSA) is 49.8 Å². The quantitative estimate of drug-likeness (QED) is 0.888. The molecule has 116 valence electrons. The number of hydrogen-bond acceptors (Lipinski definition) is 4. The molecule has 21 heavy (non-hydrogen) atoms. The molecule has 0 spiro atoms. The van der Waals surface area contributed by atoms with Crippen LogP contribution in [0.2, 0.25) is 0 Å². The van der Waals surface area contributed by atoms with E-state index in [0.717, 1.165) is 25.3 Å². The van der Waals surface area contributed by atoms with Crippen LogP contribution in [0, 0.1) is 0 Å². The van der Waals surface area contributed by atoms with Gasteiger partial charge in [-0.3, -0.25) is 9.97 Å². The zero-order valence-corrected chi connectivity index (χ0v) is 13.6. The highest BCUT2D eigenvalue weighted by Gasteiger charge is 1.87. The van der Waals surface area contributed by atoms with E-state index in [1.54, 1.807) is 12.4 Å². The molecule has 0 saturated heterocycles. The summed E-state index contributed by atoms with van der Waals surface area (Å²) < 4.78 is 0. The van der Waals surface area contributed by atoms with Gasteiger partial charge >= 0.3 is 0 Å². The van der Waals surface area contributed by atoms with Crippen molar-refractivity contribution >= 4 is 0 Å². The van der Waals surface area contributed by atoms with Crippen LogP contribution >= 0.6 is 0 Å². The van der Waals surface area contributed by atoms with Crippen molar-refractivity contribution in [3.05, 3.63) is 60.2 Å². The summed E-state index contributed by atoms with van der Waals surface area (Å²) in [5.74, 6) is 0. The summed E-state index contributed by atoms with van der Waals surface area (Å²) in [5.41, 5.74) is 2.32. The lowest BCUT2D eigenvalue weighted by Gasteiger charge is -1.98. The van der Waals surface area contributed by atoms with E-state index >= 15 is 0 Å². The Bertz CT molecular complexity index is 417. The van der Waals surface area contributed by atoms with Gasteiger partial charge in [0.2, 0.25) is 0 Å². The van der Waals surface area contributed by atoms with Crippen molar-refractivity contribution in [3.63, 3.8) is 0 Å². The van der Waals surface area contributed by atoms with Crippen molar-refractivity contribution in [2.24, 2.45) is 0 Å². The van der Waals surface area contributed by atoms with Gasteiger partial charge in [-0.25, -0.2) is 0 Å². The van der Waals surface area contributed by atoms with Gasteiger partial charge in [-0.2, -0.15) is 0 Å². The van der Waals surface area contributed by atoms with Crippen molar-refractivity contribution in [1.29, 1.82) is 0 Å². The summed E-state index contributed by atoms with van der Waals surface area (Å²) in [6.45, 7) is 8.87. The minimum Gasteiger partial charge on any atom is -0.314 e. The van der Waals surface area contributed by atoms with Crippen molar-refractivity contribution in [2.45, 2.75) is 33.9 Å². The molecule has 2 aromatic heterocycles. The van der Waals surface area contributed by atoms with E-state index in [4.69, 9.17) is 0 Å². The van der Waals surface area contributed by atoms with Crippen LogP contribution in [0.4, 0.5) is 0 Å². The summed E-state index contributed by atoms with van der Waals surface area (Å²) in [7, 11) is 1.91. The molecule has 0 aromatic carbocycles. The smallest absolute Gasteiger partial charge is 0.0541 e. The molecule has 2 heterocycles. The van der Waals surface area contributed by atoms with Gasteiger partial charge in [0.05, 0.1) is 5.69 Å². The van der Waals surface area contributed by atoms with Crippen LogP contribution in [0.25, 0.3) is 0 Å². The number of aromatic nitrogens is 2. The third kappa shape index (κ3) is 10.6. The first kappa shape index (κ1) is 19.2. The maximum atomic E-state index is 4.11. The number of pyridine rings is 2. The van der Waals surface area contributed by atoms with E-state index in [-0.39, 0.29) is 0 Å². The highest BCUT2D eigenvalue weighted by atomic mass is 14.8. The van der Waals surface area contributed by atoms with Crippen molar-refractivity contribution in [3.8, 4) is 0 Å². The molecule has 2 aromatic rings. The normalized spacial score (nSPS) is 8.95. The van der Waals surface area contributed by atoms with Crippen LogP contribution < -0.4 is 10.6 Å². The second-order valence-corrected chi connectivity index (χ2v) is 3.99. The van der Waals surface area contributed by atoms with Crippen molar-refractivity contribution < 1.29 is 0 Å². The number of rotatable bonds is 5. The first-order valence-electron chi connectivity index (χ1n) is 7.51. The molecule has 0 unspecified atom stereocenters. The van der Waals surface area contributed by atoms with Gasteiger partial charge in [0.1, 0.15) is 0 Å². The van der Waals surface area contributed by atoms with Gasteiger partial charge in [0.25, 0.3) is 0 Å². The maximum absolute atomic E-state index is 4.11. The summed E-state index contributed by atoms with van der Waals surface area (Å²) in [6.07, 6.45) is 5.46. The summed E-state index contributed by atoms with van der Waals surface area (Å²) in [6, 6.07) is 9.91. The van der Waals surface area contributed by atoms with Gasteiger partial charge in [-0.1, -0.05) is 32.9 Å². The molecular formula is C17H28N4. The fourth-order valence-electron chi connectivity index (χ4n) is 1.46. The molecule has 0 fully saturated rings. The Balaban J connectivity index is 0.000000342. The van der Waals surface area contributed by atoms with E-state index in [0.29, 0.717) is 0 Å². The monoisotopic (exact) mass is 288 g/mol. The predicted octanol–water partition coefficient (Wildman–Crippen LogP) is 3.02. The third-order valence-electron chi connectivity index (χ3n) is 2.39. The Morgan fingerprint density at radius 2 is 1.81 bits per heavy atom. The molecule has 0 aliphatic heterocycles. The Hall–Kier alpha value is -1.78. The van der Waals surface area contributed by atoms with Crippen LogP contribution in [0.5, 0.6) is 0 Å². The molecule has 4 heteroatoms. The largest absolute Gasteiger partial charge is 0.314 e. The molecule has 2 rings (SSSR count). The molecule has 0 amide bonds. The minimum atomic E-state index is 0.848. The second kappa shape index (κ2) is 14.6. The maximum Gasteiger partial charge on any atom is 0.0541 e. The lowest BCUT2D eigenvalue weighted by molar-refractivity contribution is 0.724. The van der Waals surface area contributed by atoms with Gasteiger partial charge in [0.15, 0.2) is 0 Å². The Kier molecular flexibility index (Phi) is 13.4. The number of hydrogen-bond donors (Lipinski definition) is 2. The lowest BCUT2D eigenvalue weighted by Crippen LogP contribution is -2.11. The summed E-state index contributed by atoms with van der Waals surface area (Å²) in [4.78, 5) is 8.10. The highest BCUT2D eigenvalue weighted by molar-refractivity contribution is 5.07. The third-order valence-corrected chi connectivity index (χ3v) is 2.39. The summed E-state index contributed by atoms with van der Waals surface area (Å²) in [5, 5.41) is 6.25. The Morgan fingerprint density at radius 3 is 2.33 bits per heavy atom. The molecule has 0 saturated carbocycles. The molecule has 0 radical (unpaired) electrons. The van der Waals surface area contributed by atoms with E-state index in [1.165, 1.54) is 5.56 Å². The van der Waals surface area contributed by atoms with Gasteiger partial charge in [-0.15, -0.1) is 0 Å². The number of nitrogens with zero attached hydrogens (tertiary/aromatic N) is 2. The molecule has 0 bridgehead atoms. The molecular weight excluding hydrogens is 260 g/mol. The second-order valence-electron chi connectivity index (χ2n) is 3.99.